The Kier molecular flexibility index (Phi) is 5.98. The Labute approximate surface area is 187 Å². The van der Waals surface area contributed by atoms with Crippen molar-refractivity contribution in [2.75, 3.05) is 37.9 Å². The summed E-state index contributed by atoms with van der Waals surface area (Å²) in [5.74, 6) is 1.39. The van der Waals surface area contributed by atoms with Crippen molar-refractivity contribution in [2.45, 2.75) is 55.7 Å². The van der Waals surface area contributed by atoms with Gasteiger partial charge >= 0.3 is 0 Å². The Bertz CT molecular complexity index is 1090. The number of nitrogens with zero attached hydrogens (tertiary/aromatic N) is 5. The Morgan fingerprint density at radius 1 is 1.26 bits per heavy atom. The van der Waals surface area contributed by atoms with Gasteiger partial charge in [-0.15, -0.1) is 0 Å². The molecule has 2 aromatic heterocycles. The maximum Gasteiger partial charge on any atom is 0.175 e. The minimum atomic E-state index is 0.0916. The fourth-order valence-electron chi connectivity index (χ4n) is 3.64. The van der Waals surface area contributed by atoms with E-state index in [-0.39, 0.29) is 5.54 Å². The van der Waals surface area contributed by atoms with E-state index in [9.17, 15) is 0 Å². The number of hydrogen-bond donors (Lipinski definition) is 2. The van der Waals surface area contributed by atoms with Crippen molar-refractivity contribution >= 4 is 34.4 Å². The first-order valence-electron chi connectivity index (χ1n) is 10.6. The number of nitrogens with two attached hydrogens (primary N) is 1. The summed E-state index contributed by atoms with van der Waals surface area (Å²) in [7, 11) is 4.09. The SMILES string of the molecule is CN(C)c1cc2c(cc1Sc1nc3c(N)ncnc3n1CCCNC(C)(C)C)CCO2. The van der Waals surface area contributed by atoms with E-state index in [0.717, 1.165) is 59.7 Å². The molecule has 3 N–H and O–H groups in total. The van der Waals surface area contributed by atoms with Crippen molar-refractivity contribution in [3.8, 4) is 5.75 Å². The first kappa shape index (κ1) is 21.7. The van der Waals surface area contributed by atoms with E-state index in [0.29, 0.717) is 11.3 Å². The van der Waals surface area contributed by atoms with Crippen LogP contribution < -0.4 is 20.7 Å². The smallest absolute Gasteiger partial charge is 0.175 e. The van der Waals surface area contributed by atoms with Crippen molar-refractivity contribution in [2.24, 2.45) is 0 Å². The van der Waals surface area contributed by atoms with Gasteiger partial charge in [0, 0.05) is 43.6 Å². The third-order valence-electron chi connectivity index (χ3n) is 5.19. The van der Waals surface area contributed by atoms with Crippen LogP contribution in [0.15, 0.2) is 28.5 Å². The molecule has 8 nitrogen and oxygen atoms in total. The number of nitrogen functional groups attached to an aromatic ring is 1. The largest absolute Gasteiger partial charge is 0.493 e. The predicted molar refractivity (Wildman–Crippen MR) is 126 cm³/mol. The lowest BCUT2D eigenvalue weighted by Crippen LogP contribution is -2.36. The molecule has 4 rings (SSSR count). The number of ether oxygens (including phenoxy) is 1. The Morgan fingerprint density at radius 3 is 2.81 bits per heavy atom. The quantitative estimate of drug-likeness (QED) is 0.539. The predicted octanol–water partition coefficient (Wildman–Crippen LogP) is 3.34. The molecule has 0 unspecified atom stereocenters. The molecule has 3 heterocycles. The molecule has 0 saturated carbocycles. The fourth-order valence-corrected chi connectivity index (χ4v) is 4.80. The number of nitrogens with one attached hydrogen (secondary N) is 1. The van der Waals surface area contributed by atoms with Gasteiger partial charge in [0.1, 0.15) is 12.1 Å². The van der Waals surface area contributed by atoms with Crippen LogP contribution in [0.5, 0.6) is 5.75 Å². The van der Waals surface area contributed by atoms with Crippen LogP contribution in [0.2, 0.25) is 0 Å². The Balaban J connectivity index is 1.68. The monoisotopic (exact) mass is 441 g/mol. The van der Waals surface area contributed by atoms with E-state index in [1.807, 2.05) is 14.1 Å². The highest BCUT2D eigenvalue weighted by atomic mass is 32.2. The minimum Gasteiger partial charge on any atom is -0.493 e. The lowest BCUT2D eigenvalue weighted by molar-refractivity contribution is 0.357. The minimum absolute atomic E-state index is 0.0916. The lowest BCUT2D eigenvalue weighted by Gasteiger charge is -2.21. The van der Waals surface area contributed by atoms with Crippen LogP contribution in [-0.4, -0.2) is 52.3 Å². The second-order valence-electron chi connectivity index (χ2n) is 9.03. The summed E-state index contributed by atoms with van der Waals surface area (Å²) in [6.45, 7) is 8.97. The molecule has 3 aromatic rings. The molecule has 0 amide bonds. The number of aryl methyl sites for hydroxylation is 1. The summed E-state index contributed by atoms with van der Waals surface area (Å²) >= 11 is 1.64. The highest BCUT2D eigenvalue weighted by Crippen LogP contribution is 2.41. The second kappa shape index (κ2) is 8.55. The number of aromatic nitrogens is 4. The topological polar surface area (TPSA) is 94.1 Å². The van der Waals surface area contributed by atoms with Crippen molar-refractivity contribution in [3.05, 3.63) is 24.0 Å². The van der Waals surface area contributed by atoms with Gasteiger partial charge in [0.25, 0.3) is 0 Å². The second-order valence-corrected chi connectivity index (χ2v) is 10.0. The number of benzene rings is 1. The highest BCUT2D eigenvalue weighted by Gasteiger charge is 2.21. The first-order valence-corrected chi connectivity index (χ1v) is 11.4. The van der Waals surface area contributed by atoms with Gasteiger partial charge in [-0.3, -0.25) is 0 Å². The van der Waals surface area contributed by atoms with Crippen molar-refractivity contribution < 1.29 is 4.74 Å². The van der Waals surface area contributed by atoms with Crippen molar-refractivity contribution in [1.82, 2.24) is 24.8 Å². The average molecular weight is 442 g/mol. The van der Waals surface area contributed by atoms with Crippen LogP contribution >= 0.6 is 11.8 Å². The zero-order chi connectivity index (χ0) is 22.2. The van der Waals surface area contributed by atoms with Gasteiger partial charge in [-0.2, -0.15) is 0 Å². The number of imidazole rings is 1. The normalized spacial score (nSPS) is 13.5. The number of anilines is 2. The number of fused-ring (bicyclic) bond motifs is 2. The Morgan fingerprint density at radius 2 is 2.06 bits per heavy atom. The highest BCUT2D eigenvalue weighted by molar-refractivity contribution is 7.99. The summed E-state index contributed by atoms with van der Waals surface area (Å²) < 4.78 is 7.93. The molecule has 0 bridgehead atoms. The van der Waals surface area contributed by atoms with Gasteiger partial charge in [-0.05, 0) is 57.1 Å². The van der Waals surface area contributed by atoms with Gasteiger partial charge in [-0.25, -0.2) is 15.0 Å². The van der Waals surface area contributed by atoms with Crippen LogP contribution in [0.1, 0.15) is 32.8 Å². The van der Waals surface area contributed by atoms with Gasteiger partial charge in [0.2, 0.25) is 0 Å². The van der Waals surface area contributed by atoms with Crippen LogP contribution in [0.3, 0.4) is 0 Å². The molecule has 9 heteroatoms. The molecule has 0 atom stereocenters. The molecule has 0 fully saturated rings. The molecule has 1 aromatic carbocycles. The zero-order valence-electron chi connectivity index (χ0n) is 18.9. The van der Waals surface area contributed by atoms with Gasteiger partial charge < -0.3 is 25.3 Å². The molecule has 166 valence electrons. The van der Waals surface area contributed by atoms with Crippen LogP contribution in [0.25, 0.3) is 11.2 Å². The summed E-state index contributed by atoms with van der Waals surface area (Å²) in [6.07, 6.45) is 3.40. The number of hydrogen-bond acceptors (Lipinski definition) is 8. The van der Waals surface area contributed by atoms with E-state index in [2.05, 4.69) is 57.7 Å². The fraction of sp³-hybridized carbons (Fsp3) is 0.500. The van der Waals surface area contributed by atoms with Crippen LogP contribution in [0, 0.1) is 0 Å². The standard InChI is InChI=1S/C22H31N7OS/c1-22(2,3)26-8-6-9-29-20-18(19(23)24-13-25-20)27-21(29)31-17-11-14-7-10-30-16(14)12-15(17)28(4)5/h11-13,26H,6-10H2,1-5H3,(H2,23,24,25). The van der Waals surface area contributed by atoms with E-state index in [4.69, 9.17) is 15.5 Å². The average Bonchev–Trinajstić information content (AvgIpc) is 3.29. The maximum absolute atomic E-state index is 6.12. The van der Waals surface area contributed by atoms with Crippen molar-refractivity contribution in [3.63, 3.8) is 0 Å². The van der Waals surface area contributed by atoms with Gasteiger partial charge in [-0.1, -0.05) is 0 Å². The van der Waals surface area contributed by atoms with Gasteiger partial charge in [0.15, 0.2) is 22.1 Å². The third-order valence-corrected chi connectivity index (χ3v) is 6.23. The van der Waals surface area contributed by atoms with E-state index in [1.54, 1.807) is 11.8 Å². The van der Waals surface area contributed by atoms with E-state index in [1.165, 1.54) is 11.9 Å². The number of rotatable bonds is 7. The molecule has 0 spiro atoms. The van der Waals surface area contributed by atoms with Crippen molar-refractivity contribution in [1.29, 1.82) is 0 Å². The van der Waals surface area contributed by atoms with E-state index >= 15 is 0 Å². The maximum atomic E-state index is 6.12. The molecule has 0 radical (unpaired) electrons. The summed E-state index contributed by atoms with van der Waals surface area (Å²) in [5.41, 5.74) is 10.00. The summed E-state index contributed by atoms with van der Waals surface area (Å²) in [5, 5.41) is 4.42. The van der Waals surface area contributed by atoms with E-state index < -0.39 is 0 Å². The summed E-state index contributed by atoms with van der Waals surface area (Å²) in [6, 6.07) is 4.35. The molecule has 0 saturated heterocycles. The Hall–Kier alpha value is -2.52. The van der Waals surface area contributed by atoms with Gasteiger partial charge in [0.05, 0.1) is 12.3 Å². The summed E-state index contributed by atoms with van der Waals surface area (Å²) in [4.78, 5) is 16.7. The molecule has 1 aliphatic rings. The first-order chi connectivity index (χ1) is 14.7. The third kappa shape index (κ3) is 4.72. The molecular weight excluding hydrogens is 410 g/mol. The molecule has 0 aliphatic carbocycles. The molecule has 31 heavy (non-hydrogen) atoms. The molecule has 1 aliphatic heterocycles. The van der Waals surface area contributed by atoms with Crippen LogP contribution in [-0.2, 0) is 13.0 Å². The zero-order valence-corrected chi connectivity index (χ0v) is 19.7. The molecular formula is C22H31N7OS. The van der Waals surface area contributed by atoms with Crippen LogP contribution in [0.4, 0.5) is 11.5 Å². The lowest BCUT2D eigenvalue weighted by atomic mass is 10.1.